The summed E-state index contributed by atoms with van der Waals surface area (Å²) in [5.41, 5.74) is 4.38. The van der Waals surface area contributed by atoms with Crippen molar-refractivity contribution in [2.75, 3.05) is 18.0 Å². The number of nitrogens with zero attached hydrogens (tertiary/aromatic N) is 3. The number of anilines is 1. The smallest absolute Gasteiger partial charge is 0.247 e. The first kappa shape index (κ1) is 23.3. The highest BCUT2D eigenvalue weighted by Gasteiger charge is 2.26. The molecule has 3 atom stereocenters. The standard InChI is InChI=1S/C30H32FN3O/c1-4-20(2)25-16-17-34(19-25)26-13-10-23(11-14-26)30-33-32-29(35-30)21(3)24-12-15-27(28(31)18-24)22-8-6-5-7-9-22/h5-15,18,20-21,25H,4,16-17,19H2,1-3H3/t20?,21-,25?/m0/s1. The van der Waals surface area contributed by atoms with Crippen molar-refractivity contribution in [3.8, 4) is 22.6 Å². The predicted octanol–water partition coefficient (Wildman–Crippen LogP) is 7.57. The second-order valence-corrected chi connectivity index (χ2v) is 9.70. The van der Waals surface area contributed by atoms with Crippen LogP contribution in [0.5, 0.6) is 0 Å². The maximum absolute atomic E-state index is 14.9. The molecule has 0 spiro atoms. The average molecular weight is 470 g/mol. The molecule has 4 nitrogen and oxygen atoms in total. The van der Waals surface area contributed by atoms with Crippen molar-refractivity contribution in [3.05, 3.63) is 90.1 Å². The van der Waals surface area contributed by atoms with E-state index in [1.54, 1.807) is 6.07 Å². The first-order chi connectivity index (χ1) is 17.0. The van der Waals surface area contributed by atoms with Crippen LogP contribution in [0.2, 0.25) is 0 Å². The summed E-state index contributed by atoms with van der Waals surface area (Å²) < 4.78 is 20.9. The molecule has 0 aliphatic carbocycles. The van der Waals surface area contributed by atoms with Crippen LogP contribution in [-0.2, 0) is 0 Å². The predicted molar refractivity (Wildman–Crippen MR) is 139 cm³/mol. The highest BCUT2D eigenvalue weighted by molar-refractivity contribution is 5.64. The molecule has 1 aliphatic rings. The molecular weight excluding hydrogens is 437 g/mol. The van der Waals surface area contributed by atoms with Gasteiger partial charge in [0.1, 0.15) is 5.82 Å². The van der Waals surface area contributed by atoms with Gasteiger partial charge in [0.2, 0.25) is 11.8 Å². The van der Waals surface area contributed by atoms with Gasteiger partial charge in [0.05, 0.1) is 5.92 Å². The van der Waals surface area contributed by atoms with E-state index in [2.05, 4.69) is 41.1 Å². The minimum atomic E-state index is -0.256. The summed E-state index contributed by atoms with van der Waals surface area (Å²) in [6, 6.07) is 23.2. The number of benzene rings is 3. The van der Waals surface area contributed by atoms with E-state index in [1.807, 2.05) is 61.5 Å². The van der Waals surface area contributed by atoms with Crippen LogP contribution in [0.25, 0.3) is 22.6 Å². The number of halogens is 1. The Morgan fingerprint density at radius 2 is 1.74 bits per heavy atom. The molecule has 2 heterocycles. The molecule has 1 aromatic heterocycles. The molecule has 3 aromatic carbocycles. The minimum absolute atomic E-state index is 0.211. The number of rotatable bonds is 7. The Morgan fingerprint density at radius 3 is 2.46 bits per heavy atom. The lowest BCUT2D eigenvalue weighted by molar-refractivity contribution is 0.379. The van der Waals surface area contributed by atoms with Gasteiger partial charge in [-0.05, 0) is 66.6 Å². The molecule has 2 unspecified atom stereocenters. The Hall–Kier alpha value is -3.47. The van der Waals surface area contributed by atoms with Crippen LogP contribution in [0.1, 0.15) is 51.0 Å². The van der Waals surface area contributed by atoms with Crippen LogP contribution in [0, 0.1) is 17.7 Å². The summed E-state index contributed by atoms with van der Waals surface area (Å²) in [6.07, 6.45) is 2.49. The fourth-order valence-corrected chi connectivity index (χ4v) is 4.96. The van der Waals surface area contributed by atoms with Crippen LogP contribution >= 0.6 is 0 Å². The third-order valence-corrected chi connectivity index (χ3v) is 7.54. The lowest BCUT2D eigenvalue weighted by Crippen LogP contribution is -2.21. The lowest BCUT2D eigenvalue weighted by atomic mass is 9.91. The lowest BCUT2D eigenvalue weighted by Gasteiger charge is -2.21. The molecule has 35 heavy (non-hydrogen) atoms. The highest BCUT2D eigenvalue weighted by atomic mass is 19.1. The van der Waals surface area contributed by atoms with Gasteiger partial charge >= 0.3 is 0 Å². The highest BCUT2D eigenvalue weighted by Crippen LogP contribution is 2.33. The van der Waals surface area contributed by atoms with Crippen molar-refractivity contribution >= 4 is 5.69 Å². The van der Waals surface area contributed by atoms with Crippen LogP contribution in [0.4, 0.5) is 10.1 Å². The van der Waals surface area contributed by atoms with Crippen LogP contribution in [0.15, 0.2) is 77.2 Å². The Bertz CT molecular complexity index is 1270. The van der Waals surface area contributed by atoms with Gasteiger partial charge < -0.3 is 9.32 Å². The maximum Gasteiger partial charge on any atom is 0.247 e. The van der Waals surface area contributed by atoms with E-state index in [4.69, 9.17) is 4.42 Å². The van der Waals surface area contributed by atoms with Crippen molar-refractivity contribution in [1.82, 2.24) is 10.2 Å². The summed E-state index contributed by atoms with van der Waals surface area (Å²) >= 11 is 0. The first-order valence-corrected chi connectivity index (χ1v) is 12.6. The van der Waals surface area contributed by atoms with Crippen molar-refractivity contribution in [2.24, 2.45) is 11.8 Å². The van der Waals surface area contributed by atoms with Gasteiger partial charge in [0, 0.05) is 29.9 Å². The quantitative estimate of drug-likeness (QED) is 0.280. The first-order valence-electron chi connectivity index (χ1n) is 12.6. The van der Waals surface area contributed by atoms with E-state index in [0.717, 1.165) is 41.6 Å². The van der Waals surface area contributed by atoms with E-state index in [1.165, 1.54) is 18.5 Å². The third kappa shape index (κ3) is 4.86. The molecule has 180 valence electrons. The Labute approximate surface area is 206 Å². The zero-order valence-electron chi connectivity index (χ0n) is 20.6. The summed E-state index contributed by atoms with van der Waals surface area (Å²) in [5.74, 6) is 2.03. The van der Waals surface area contributed by atoms with Gasteiger partial charge in [-0.3, -0.25) is 0 Å². The fourth-order valence-electron chi connectivity index (χ4n) is 4.96. The summed E-state index contributed by atoms with van der Waals surface area (Å²) in [7, 11) is 0. The average Bonchev–Trinajstić information content (AvgIpc) is 3.59. The molecular formula is C30H32FN3O. The summed E-state index contributed by atoms with van der Waals surface area (Å²) in [4.78, 5) is 2.47. The second-order valence-electron chi connectivity index (χ2n) is 9.70. The molecule has 1 fully saturated rings. The monoisotopic (exact) mass is 469 g/mol. The minimum Gasteiger partial charge on any atom is -0.420 e. The van der Waals surface area contributed by atoms with Crippen LogP contribution < -0.4 is 4.90 Å². The molecule has 5 heteroatoms. The molecule has 4 aromatic rings. The van der Waals surface area contributed by atoms with Gasteiger partial charge in [0.15, 0.2) is 0 Å². The molecule has 1 aliphatic heterocycles. The molecule has 0 radical (unpaired) electrons. The SMILES string of the molecule is CCC(C)C1CCN(c2ccc(-c3nnc([C@@H](C)c4ccc(-c5ccccc5)c(F)c4)o3)cc2)C1. The second kappa shape index (κ2) is 10.0. The van der Waals surface area contributed by atoms with Crippen molar-refractivity contribution in [1.29, 1.82) is 0 Å². The number of hydrogen-bond donors (Lipinski definition) is 0. The van der Waals surface area contributed by atoms with Crippen molar-refractivity contribution in [2.45, 2.75) is 39.5 Å². The maximum atomic E-state index is 14.9. The van der Waals surface area contributed by atoms with Crippen molar-refractivity contribution in [3.63, 3.8) is 0 Å². The van der Waals surface area contributed by atoms with E-state index < -0.39 is 0 Å². The van der Waals surface area contributed by atoms with E-state index in [-0.39, 0.29) is 11.7 Å². The Balaban J connectivity index is 1.29. The largest absolute Gasteiger partial charge is 0.420 e. The third-order valence-electron chi connectivity index (χ3n) is 7.54. The Morgan fingerprint density at radius 1 is 0.971 bits per heavy atom. The van der Waals surface area contributed by atoms with Gasteiger partial charge in [-0.1, -0.05) is 62.7 Å². The van der Waals surface area contributed by atoms with Crippen molar-refractivity contribution < 1.29 is 8.81 Å². The van der Waals surface area contributed by atoms with Crippen LogP contribution in [0.3, 0.4) is 0 Å². The molecule has 0 N–H and O–H groups in total. The van der Waals surface area contributed by atoms with E-state index >= 15 is 0 Å². The Kier molecular flexibility index (Phi) is 6.67. The summed E-state index contributed by atoms with van der Waals surface area (Å²) in [5, 5.41) is 8.54. The molecule has 0 bridgehead atoms. The fraction of sp³-hybridized carbons (Fsp3) is 0.333. The number of aromatic nitrogens is 2. The molecule has 0 amide bonds. The van der Waals surface area contributed by atoms with E-state index in [9.17, 15) is 4.39 Å². The zero-order chi connectivity index (χ0) is 24.4. The van der Waals surface area contributed by atoms with Crippen LogP contribution in [-0.4, -0.2) is 23.3 Å². The topological polar surface area (TPSA) is 42.2 Å². The molecule has 5 rings (SSSR count). The van der Waals surface area contributed by atoms with Gasteiger partial charge in [-0.15, -0.1) is 10.2 Å². The number of hydrogen-bond acceptors (Lipinski definition) is 4. The zero-order valence-corrected chi connectivity index (χ0v) is 20.6. The molecule has 0 saturated carbocycles. The van der Waals surface area contributed by atoms with Gasteiger partial charge in [-0.2, -0.15) is 0 Å². The normalized spacial score (nSPS) is 17.5. The van der Waals surface area contributed by atoms with E-state index in [0.29, 0.717) is 17.3 Å². The van der Waals surface area contributed by atoms with Gasteiger partial charge in [-0.25, -0.2) is 4.39 Å². The summed E-state index contributed by atoms with van der Waals surface area (Å²) in [6.45, 7) is 8.82. The molecule has 1 saturated heterocycles. The van der Waals surface area contributed by atoms with Gasteiger partial charge in [0.25, 0.3) is 0 Å².